The number of hydrogen-bond acceptors (Lipinski definition) is 5. The van der Waals surface area contributed by atoms with Gasteiger partial charge in [-0.15, -0.1) is 0 Å². The molecule has 0 amide bonds. The van der Waals surface area contributed by atoms with Crippen LogP contribution in [0.4, 0.5) is 5.82 Å². The lowest BCUT2D eigenvalue weighted by Gasteiger charge is -2.06. The van der Waals surface area contributed by atoms with E-state index < -0.39 is 0 Å². The Morgan fingerprint density at radius 1 is 1.44 bits per heavy atom. The van der Waals surface area contributed by atoms with Crippen LogP contribution in [-0.4, -0.2) is 17.0 Å². The van der Waals surface area contributed by atoms with E-state index in [9.17, 15) is 0 Å². The molecular formula is C11H13N3O2. The molecule has 5 heteroatoms. The van der Waals surface area contributed by atoms with Crippen LogP contribution >= 0.6 is 0 Å². The number of ether oxygens (including phenoxy) is 1. The molecule has 2 rings (SSSR count). The maximum absolute atomic E-state index is 5.49. The minimum Gasteiger partial charge on any atom is -0.469 e. The summed E-state index contributed by atoms with van der Waals surface area (Å²) in [6.45, 7) is 2.19. The Balaban J connectivity index is 2.06. The van der Waals surface area contributed by atoms with E-state index >= 15 is 0 Å². The summed E-state index contributed by atoms with van der Waals surface area (Å²) in [6, 6.07) is 5.42. The molecule has 16 heavy (non-hydrogen) atoms. The second-order valence-electron chi connectivity index (χ2n) is 3.26. The van der Waals surface area contributed by atoms with Gasteiger partial charge in [-0.3, -0.25) is 0 Å². The highest BCUT2D eigenvalue weighted by molar-refractivity contribution is 5.37. The van der Waals surface area contributed by atoms with E-state index in [-0.39, 0.29) is 0 Å². The highest BCUT2D eigenvalue weighted by Gasteiger charge is 2.03. The number of nitrogens with one attached hydrogen (secondary N) is 1. The topological polar surface area (TPSA) is 60.2 Å². The molecule has 0 spiro atoms. The first-order valence-electron chi connectivity index (χ1n) is 4.96. The molecule has 0 unspecified atom stereocenters. The van der Waals surface area contributed by atoms with Gasteiger partial charge in [-0.2, -0.15) is 4.98 Å². The quantitative estimate of drug-likeness (QED) is 0.852. The van der Waals surface area contributed by atoms with Gasteiger partial charge in [-0.25, -0.2) is 4.98 Å². The van der Waals surface area contributed by atoms with Crippen LogP contribution in [-0.2, 0) is 6.61 Å². The smallest absolute Gasteiger partial charge is 0.219 e. The van der Waals surface area contributed by atoms with Gasteiger partial charge >= 0.3 is 0 Å². The van der Waals surface area contributed by atoms with E-state index in [1.165, 1.54) is 0 Å². The van der Waals surface area contributed by atoms with Crippen molar-refractivity contribution in [2.24, 2.45) is 0 Å². The Hall–Kier alpha value is -2.04. The molecule has 0 aliphatic heterocycles. The van der Waals surface area contributed by atoms with Crippen molar-refractivity contribution in [3.05, 3.63) is 36.0 Å². The first kappa shape index (κ1) is 10.5. The molecule has 0 aromatic carbocycles. The highest BCUT2D eigenvalue weighted by atomic mass is 16.5. The minimum absolute atomic E-state index is 0.368. The van der Waals surface area contributed by atoms with Gasteiger partial charge < -0.3 is 14.5 Å². The second-order valence-corrected chi connectivity index (χ2v) is 3.26. The van der Waals surface area contributed by atoms with Crippen molar-refractivity contribution in [3.8, 4) is 5.88 Å². The summed E-state index contributed by atoms with van der Waals surface area (Å²) in [4.78, 5) is 8.34. The van der Waals surface area contributed by atoms with Crippen molar-refractivity contribution >= 4 is 5.82 Å². The number of hydrogen-bond donors (Lipinski definition) is 1. The van der Waals surface area contributed by atoms with Crippen LogP contribution in [0.3, 0.4) is 0 Å². The van der Waals surface area contributed by atoms with Crippen molar-refractivity contribution in [1.29, 1.82) is 0 Å². The lowest BCUT2D eigenvalue weighted by molar-refractivity contribution is 0.260. The van der Waals surface area contributed by atoms with Crippen molar-refractivity contribution in [3.63, 3.8) is 0 Å². The fourth-order valence-electron chi connectivity index (χ4n) is 1.28. The van der Waals surface area contributed by atoms with Crippen molar-refractivity contribution in [2.45, 2.75) is 13.5 Å². The predicted molar refractivity (Wildman–Crippen MR) is 59.4 cm³/mol. The van der Waals surface area contributed by atoms with Gasteiger partial charge in [0, 0.05) is 13.1 Å². The third-order valence-electron chi connectivity index (χ3n) is 2.01. The third-order valence-corrected chi connectivity index (χ3v) is 2.01. The van der Waals surface area contributed by atoms with Crippen LogP contribution in [0.2, 0.25) is 0 Å². The number of nitrogens with zero attached hydrogens (tertiary/aromatic N) is 2. The summed E-state index contributed by atoms with van der Waals surface area (Å²) >= 11 is 0. The number of anilines is 1. The maximum atomic E-state index is 5.49. The average molecular weight is 219 g/mol. The van der Waals surface area contributed by atoms with E-state index in [4.69, 9.17) is 9.15 Å². The van der Waals surface area contributed by atoms with E-state index in [1.807, 2.05) is 19.1 Å². The Morgan fingerprint density at radius 3 is 3.00 bits per heavy atom. The molecule has 1 N–H and O–H groups in total. The molecule has 2 aromatic heterocycles. The summed E-state index contributed by atoms with van der Waals surface area (Å²) in [5, 5.41) is 2.95. The molecule has 0 fully saturated rings. The summed E-state index contributed by atoms with van der Waals surface area (Å²) in [5.74, 6) is 2.71. The SMILES string of the molecule is CNc1cc(OCc2ccco2)nc(C)n1. The first-order valence-corrected chi connectivity index (χ1v) is 4.96. The Morgan fingerprint density at radius 2 is 2.31 bits per heavy atom. The second kappa shape index (κ2) is 4.65. The van der Waals surface area contributed by atoms with E-state index in [0.717, 1.165) is 11.6 Å². The van der Waals surface area contributed by atoms with Gasteiger partial charge in [0.1, 0.15) is 24.0 Å². The molecule has 5 nitrogen and oxygen atoms in total. The van der Waals surface area contributed by atoms with E-state index in [1.54, 1.807) is 19.4 Å². The number of furan rings is 1. The molecule has 0 aliphatic rings. The lowest BCUT2D eigenvalue weighted by atomic mass is 10.5. The number of rotatable bonds is 4. The Labute approximate surface area is 93.5 Å². The normalized spacial score (nSPS) is 10.1. The summed E-state index contributed by atoms with van der Waals surface area (Å²) in [7, 11) is 1.80. The molecule has 0 radical (unpaired) electrons. The van der Waals surface area contributed by atoms with Crippen LogP contribution in [0, 0.1) is 6.92 Å². The summed E-state index contributed by atoms with van der Waals surface area (Å²) in [6.07, 6.45) is 1.61. The van der Waals surface area contributed by atoms with Crippen LogP contribution in [0.1, 0.15) is 11.6 Å². The van der Waals surface area contributed by atoms with Gasteiger partial charge in [0.15, 0.2) is 0 Å². The number of aryl methyl sites for hydroxylation is 1. The Kier molecular flexibility index (Phi) is 3.05. The fraction of sp³-hybridized carbons (Fsp3) is 0.273. The summed E-state index contributed by atoms with van der Waals surface area (Å²) in [5.41, 5.74) is 0. The highest BCUT2D eigenvalue weighted by Crippen LogP contribution is 2.14. The van der Waals surface area contributed by atoms with Gasteiger partial charge in [0.05, 0.1) is 6.26 Å². The zero-order valence-electron chi connectivity index (χ0n) is 9.23. The van der Waals surface area contributed by atoms with Gasteiger partial charge in [0.2, 0.25) is 5.88 Å². The largest absolute Gasteiger partial charge is 0.469 e. The molecule has 0 aliphatic carbocycles. The first-order chi connectivity index (χ1) is 7.78. The van der Waals surface area contributed by atoms with E-state index in [2.05, 4.69) is 15.3 Å². The molecule has 0 saturated heterocycles. The fourth-order valence-corrected chi connectivity index (χ4v) is 1.28. The minimum atomic E-state index is 0.368. The van der Waals surface area contributed by atoms with Gasteiger partial charge in [-0.1, -0.05) is 0 Å². The van der Waals surface area contributed by atoms with E-state index in [0.29, 0.717) is 18.3 Å². The molecular weight excluding hydrogens is 206 g/mol. The van der Waals surface area contributed by atoms with Crippen LogP contribution in [0.25, 0.3) is 0 Å². The Bertz CT molecular complexity index is 454. The molecule has 0 bridgehead atoms. The monoisotopic (exact) mass is 219 g/mol. The zero-order chi connectivity index (χ0) is 11.4. The van der Waals surface area contributed by atoms with Crippen LogP contribution in [0.15, 0.2) is 28.9 Å². The average Bonchev–Trinajstić information content (AvgIpc) is 2.78. The molecule has 0 atom stereocenters. The van der Waals surface area contributed by atoms with Crippen molar-refractivity contribution in [2.75, 3.05) is 12.4 Å². The van der Waals surface area contributed by atoms with Crippen molar-refractivity contribution in [1.82, 2.24) is 9.97 Å². The summed E-state index contributed by atoms with van der Waals surface area (Å²) < 4.78 is 10.6. The molecule has 2 aromatic rings. The number of aromatic nitrogens is 2. The maximum Gasteiger partial charge on any atom is 0.219 e. The zero-order valence-corrected chi connectivity index (χ0v) is 9.23. The predicted octanol–water partition coefficient (Wildman–Crippen LogP) is 2.00. The van der Waals surface area contributed by atoms with Gasteiger partial charge in [0.25, 0.3) is 0 Å². The molecule has 84 valence electrons. The molecule has 2 heterocycles. The van der Waals surface area contributed by atoms with Crippen LogP contribution < -0.4 is 10.1 Å². The standard InChI is InChI=1S/C11H13N3O2/c1-8-13-10(12-2)6-11(14-8)16-7-9-4-3-5-15-9/h3-6H,7H2,1-2H3,(H,12,13,14). The van der Waals surface area contributed by atoms with Gasteiger partial charge in [-0.05, 0) is 19.1 Å². The van der Waals surface area contributed by atoms with Crippen molar-refractivity contribution < 1.29 is 9.15 Å². The lowest BCUT2D eigenvalue weighted by Crippen LogP contribution is -2.01. The third kappa shape index (κ3) is 2.50. The van der Waals surface area contributed by atoms with Crippen LogP contribution in [0.5, 0.6) is 5.88 Å². The molecule has 0 saturated carbocycles.